The summed E-state index contributed by atoms with van der Waals surface area (Å²) in [5.41, 5.74) is 2.68. The van der Waals surface area contributed by atoms with E-state index in [1.165, 1.54) is 22.7 Å². The van der Waals surface area contributed by atoms with Crippen LogP contribution in [0.5, 0.6) is 0 Å². The lowest BCUT2D eigenvalue weighted by Gasteiger charge is -2.08. The minimum Gasteiger partial charge on any atom is -0.354 e. The van der Waals surface area contributed by atoms with Crippen LogP contribution in [-0.4, -0.2) is 22.0 Å². The fourth-order valence-electron chi connectivity index (χ4n) is 1.99. The predicted molar refractivity (Wildman–Crippen MR) is 81.1 cm³/mol. The Balaban J connectivity index is 1.83. The molecule has 2 aromatic rings. The molecule has 1 N–H and O–H groups in total. The van der Waals surface area contributed by atoms with Crippen LogP contribution >= 0.6 is 0 Å². The molecule has 1 heterocycles. The van der Waals surface area contributed by atoms with E-state index in [0.29, 0.717) is 25.1 Å². The molecule has 110 valence electrons. The fraction of sp³-hybridized carbons (Fsp3) is 0.312. The van der Waals surface area contributed by atoms with Gasteiger partial charge in [-0.15, -0.1) is 0 Å². The van der Waals surface area contributed by atoms with Crippen molar-refractivity contribution < 1.29 is 4.79 Å². The second kappa shape index (κ2) is 6.83. The average molecular weight is 285 g/mol. The van der Waals surface area contributed by atoms with Crippen LogP contribution in [0.15, 0.2) is 41.6 Å². The Kier molecular flexibility index (Phi) is 4.87. The minimum atomic E-state index is -0.0715. The van der Waals surface area contributed by atoms with E-state index < -0.39 is 0 Å². The number of nitrogens with zero attached hydrogens (tertiary/aromatic N) is 2. The Labute approximate surface area is 123 Å². The predicted octanol–water partition coefficient (Wildman–Crippen LogP) is 1.22. The van der Waals surface area contributed by atoms with Crippen LogP contribution in [0, 0.1) is 13.8 Å². The van der Waals surface area contributed by atoms with Gasteiger partial charge in [-0.1, -0.05) is 29.8 Å². The number of carbonyl (C=O) groups excluding carboxylic acids is 1. The van der Waals surface area contributed by atoms with Gasteiger partial charge in [0.2, 0.25) is 5.91 Å². The molecular weight excluding hydrogens is 266 g/mol. The van der Waals surface area contributed by atoms with Gasteiger partial charge in [0.1, 0.15) is 0 Å². The van der Waals surface area contributed by atoms with E-state index in [1.54, 1.807) is 6.92 Å². The van der Waals surface area contributed by atoms with E-state index in [9.17, 15) is 9.59 Å². The molecule has 0 aliphatic carbocycles. The lowest BCUT2D eigenvalue weighted by Crippen LogP contribution is -2.32. The van der Waals surface area contributed by atoms with Crippen LogP contribution in [-0.2, 0) is 17.8 Å². The lowest BCUT2D eigenvalue weighted by atomic mass is 10.1. The molecule has 1 aromatic heterocycles. The fourth-order valence-corrected chi connectivity index (χ4v) is 1.99. The van der Waals surface area contributed by atoms with Gasteiger partial charge in [0.15, 0.2) is 0 Å². The molecular formula is C16H19N3O2. The van der Waals surface area contributed by atoms with Gasteiger partial charge in [0.25, 0.3) is 5.56 Å². The number of nitrogens with one attached hydrogen (secondary N) is 1. The number of hydrogen-bond acceptors (Lipinski definition) is 3. The first kappa shape index (κ1) is 15.0. The number of benzene rings is 1. The molecule has 5 heteroatoms. The van der Waals surface area contributed by atoms with Crippen molar-refractivity contribution >= 4 is 5.91 Å². The van der Waals surface area contributed by atoms with Gasteiger partial charge >= 0.3 is 0 Å². The smallest absolute Gasteiger partial charge is 0.256 e. The molecule has 0 spiro atoms. The summed E-state index contributed by atoms with van der Waals surface area (Å²) in [5.74, 6) is -0.0486. The molecule has 0 bridgehead atoms. The summed E-state index contributed by atoms with van der Waals surface area (Å²) in [6.45, 7) is 4.57. The SMILES string of the molecule is Cc1ccc(CC(=O)NCCn2cncc(C)c2=O)cc1. The van der Waals surface area contributed by atoms with E-state index >= 15 is 0 Å². The van der Waals surface area contributed by atoms with Gasteiger partial charge in [-0.25, -0.2) is 4.98 Å². The van der Waals surface area contributed by atoms with Crippen molar-refractivity contribution in [3.8, 4) is 0 Å². The molecule has 0 saturated carbocycles. The molecule has 0 aliphatic heterocycles. The van der Waals surface area contributed by atoms with E-state index in [2.05, 4.69) is 10.3 Å². The quantitative estimate of drug-likeness (QED) is 0.898. The number of rotatable bonds is 5. The zero-order valence-electron chi connectivity index (χ0n) is 12.3. The summed E-state index contributed by atoms with van der Waals surface area (Å²) in [4.78, 5) is 27.6. The molecule has 0 aliphatic rings. The second-order valence-electron chi connectivity index (χ2n) is 5.09. The van der Waals surface area contributed by atoms with Crippen molar-refractivity contribution in [2.24, 2.45) is 0 Å². The molecule has 0 fully saturated rings. The summed E-state index contributed by atoms with van der Waals surface area (Å²) >= 11 is 0. The van der Waals surface area contributed by atoms with E-state index in [0.717, 1.165) is 5.56 Å². The Bertz CT molecular complexity index is 675. The van der Waals surface area contributed by atoms with Crippen molar-refractivity contribution in [3.63, 3.8) is 0 Å². The highest BCUT2D eigenvalue weighted by Crippen LogP contribution is 2.03. The van der Waals surface area contributed by atoms with Crippen molar-refractivity contribution in [1.29, 1.82) is 0 Å². The van der Waals surface area contributed by atoms with E-state index in [4.69, 9.17) is 0 Å². The van der Waals surface area contributed by atoms with Crippen LogP contribution in [0.25, 0.3) is 0 Å². The highest BCUT2D eigenvalue weighted by atomic mass is 16.1. The third-order valence-corrected chi connectivity index (χ3v) is 3.23. The molecule has 1 amide bonds. The highest BCUT2D eigenvalue weighted by Gasteiger charge is 2.04. The van der Waals surface area contributed by atoms with E-state index in [1.807, 2.05) is 31.2 Å². The maximum absolute atomic E-state index is 11.8. The van der Waals surface area contributed by atoms with Crippen molar-refractivity contribution in [1.82, 2.24) is 14.9 Å². The van der Waals surface area contributed by atoms with Gasteiger partial charge in [-0.05, 0) is 19.4 Å². The standard InChI is InChI=1S/C16H19N3O2/c1-12-3-5-14(6-4-12)9-15(20)18-7-8-19-11-17-10-13(2)16(19)21/h3-6,10-11H,7-9H2,1-2H3,(H,18,20). The maximum atomic E-state index is 11.8. The molecule has 5 nitrogen and oxygen atoms in total. The topological polar surface area (TPSA) is 64.0 Å². The first-order chi connectivity index (χ1) is 10.1. The van der Waals surface area contributed by atoms with Crippen LogP contribution in [0.1, 0.15) is 16.7 Å². The Morgan fingerprint density at radius 2 is 1.95 bits per heavy atom. The molecule has 0 saturated heterocycles. The third kappa shape index (κ3) is 4.27. The summed E-state index contributed by atoms with van der Waals surface area (Å²) in [6.07, 6.45) is 3.37. The molecule has 2 rings (SSSR count). The number of aryl methyl sites for hydroxylation is 2. The van der Waals surface area contributed by atoms with Gasteiger partial charge in [0, 0.05) is 24.8 Å². The van der Waals surface area contributed by atoms with Crippen LogP contribution in [0.3, 0.4) is 0 Å². The molecule has 1 aromatic carbocycles. The van der Waals surface area contributed by atoms with Crippen LogP contribution in [0.2, 0.25) is 0 Å². The van der Waals surface area contributed by atoms with Crippen LogP contribution < -0.4 is 10.9 Å². The van der Waals surface area contributed by atoms with Crippen molar-refractivity contribution in [2.75, 3.05) is 6.54 Å². The van der Waals surface area contributed by atoms with Gasteiger partial charge in [-0.2, -0.15) is 0 Å². The number of aromatic nitrogens is 2. The Morgan fingerprint density at radius 3 is 2.67 bits per heavy atom. The summed E-state index contributed by atoms with van der Waals surface area (Å²) in [6, 6.07) is 7.87. The maximum Gasteiger partial charge on any atom is 0.256 e. The average Bonchev–Trinajstić information content (AvgIpc) is 2.46. The van der Waals surface area contributed by atoms with Gasteiger partial charge in [0.05, 0.1) is 12.7 Å². The largest absolute Gasteiger partial charge is 0.354 e. The summed E-state index contributed by atoms with van der Waals surface area (Å²) in [5, 5.41) is 2.81. The minimum absolute atomic E-state index is 0.0486. The number of carbonyl (C=O) groups is 1. The normalized spacial score (nSPS) is 10.4. The van der Waals surface area contributed by atoms with Gasteiger partial charge in [-0.3, -0.25) is 14.2 Å². The highest BCUT2D eigenvalue weighted by molar-refractivity contribution is 5.78. The van der Waals surface area contributed by atoms with E-state index in [-0.39, 0.29) is 11.5 Å². The number of amides is 1. The lowest BCUT2D eigenvalue weighted by molar-refractivity contribution is -0.120. The zero-order chi connectivity index (χ0) is 15.2. The molecule has 21 heavy (non-hydrogen) atoms. The Morgan fingerprint density at radius 1 is 1.24 bits per heavy atom. The summed E-state index contributed by atoms with van der Waals surface area (Å²) in [7, 11) is 0. The first-order valence-electron chi connectivity index (χ1n) is 6.89. The molecule has 0 unspecified atom stereocenters. The third-order valence-electron chi connectivity index (χ3n) is 3.23. The van der Waals surface area contributed by atoms with Crippen molar-refractivity contribution in [2.45, 2.75) is 26.8 Å². The van der Waals surface area contributed by atoms with Crippen LogP contribution in [0.4, 0.5) is 0 Å². The number of hydrogen-bond donors (Lipinski definition) is 1. The van der Waals surface area contributed by atoms with Crippen molar-refractivity contribution in [3.05, 3.63) is 63.8 Å². The summed E-state index contributed by atoms with van der Waals surface area (Å²) < 4.78 is 1.50. The molecule has 0 radical (unpaired) electrons. The monoisotopic (exact) mass is 285 g/mol. The Hall–Kier alpha value is -2.43. The molecule has 0 atom stereocenters. The first-order valence-corrected chi connectivity index (χ1v) is 6.89. The van der Waals surface area contributed by atoms with Gasteiger partial charge < -0.3 is 5.32 Å². The second-order valence-corrected chi connectivity index (χ2v) is 5.09. The zero-order valence-corrected chi connectivity index (χ0v) is 12.3.